The van der Waals surface area contributed by atoms with Crippen LogP contribution in [0.1, 0.15) is 6.42 Å². The molecule has 17 heavy (non-hydrogen) atoms. The van der Waals surface area contributed by atoms with Crippen molar-refractivity contribution < 1.29 is 17.4 Å². The van der Waals surface area contributed by atoms with Crippen molar-refractivity contribution >= 4 is 25.9 Å². The van der Waals surface area contributed by atoms with Crippen molar-refractivity contribution in [2.45, 2.75) is 51.7 Å². The van der Waals surface area contributed by atoms with E-state index in [2.05, 4.69) is 39.3 Å². The molecule has 7 heteroatoms. The number of hydrogen-bond donors (Lipinski definition) is 0. The SMILES string of the molecule is C[SiH](C)O[Si](C)(C)O[Si](C)(C)CCCOCF. The summed E-state index contributed by atoms with van der Waals surface area (Å²) in [6.07, 6.45) is 0.868. The zero-order valence-corrected chi connectivity index (χ0v) is 15.2. The van der Waals surface area contributed by atoms with Gasteiger partial charge < -0.3 is 13.0 Å². The van der Waals surface area contributed by atoms with Crippen LogP contribution in [0.3, 0.4) is 0 Å². The van der Waals surface area contributed by atoms with Gasteiger partial charge in [-0.3, -0.25) is 0 Å². The van der Waals surface area contributed by atoms with Gasteiger partial charge in [0.15, 0.2) is 24.2 Å². The van der Waals surface area contributed by atoms with Gasteiger partial charge in [-0.15, -0.1) is 0 Å². The Hall–Kier alpha value is 0.461. The van der Waals surface area contributed by atoms with Gasteiger partial charge in [-0.05, 0) is 51.7 Å². The highest BCUT2D eigenvalue weighted by molar-refractivity contribution is 6.84. The standard InChI is InChI=1S/C10H27FO3Si3/c1-15(2)13-17(5,6)14-16(3,4)9-7-8-12-10-11/h15H,7-10H2,1-6H3. The lowest BCUT2D eigenvalue weighted by Gasteiger charge is -2.34. The Kier molecular flexibility index (Phi) is 8.01. The van der Waals surface area contributed by atoms with Crippen molar-refractivity contribution in [1.82, 2.24) is 0 Å². The number of alkyl halides is 1. The highest BCUT2D eigenvalue weighted by atomic mass is 28.5. The highest BCUT2D eigenvalue weighted by Gasteiger charge is 2.34. The fraction of sp³-hybridized carbons (Fsp3) is 1.00. The van der Waals surface area contributed by atoms with Gasteiger partial charge in [-0.1, -0.05) is 0 Å². The maximum Gasteiger partial charge on any atom is 0.310 e. The minimum absolute atomic E-state index is 0.484. The van der Waals surface area contributed by atoms with E-state index in [-0.39, 0.29) is 0 Å². The number of hydrogen-bond acceptors (Lipinski definition) is 3. The van der Waals surface area contributed by atoms with E-state index in [1.54, 1.807) is 0 Å². The molecular formula is C10H27FO3Si3. The van der Waals surface area contributed by atoms with Crippen LogP contribution in [0.2, 0.25) is 45.3 Å². The second-order valence-electron chi connectivity index (χ2n) is 5.55. The molecule has 0 N–H and O–H groups in total. The summed E-state index contributed by atoms with van der Waals surface area (Å²) < 4.78 is 28.7. The van der Waals surface area contributed by atoms with Crippen molar-refractivity contribution in [1.29, 1.82) is 0 Å². The molecule has 0 saturated carbocycles. The predicted octanol–water partition coefficient (Wildman–Crippen LogP) is 3.24. The van der Waals surface area contributed by atoms with E-state index in [1.807, 2.05) is 0 Å². The topological polar surface area (TPSA) is 27.7 Å². The second-order valence-corrected chi connectivity index (χ2v) is 16.2. The van der Waals surface area contributed by atoms with Gasteiger partial charge in [-0.25, -0.2) is 4.39 Å². The van der Waals surface area contributed by atoms with E-state index in [9.17, 15) is 4.39 Å². The van der Waals surface area contributed by atoms with Crippen LogP contribution in [-0.2, 0) is 13.0 Å². The molecule has 0 aromatic carbocycles. The highest BCUT2D eigenvalue weighted by Crippen LogP contribution is 2.21. The smallest absolute Gasteiger partial charge is 0.310 e. The maximum absolute atomic E-state index is 11.8. The zero-order valence-electron chi connectivity index (χ0n) is 12.0. The third kappa shape index (κ3) is 10.1. The van der Waals surface area contributed by atoms with Gasteiger partial charge in [0.05, 0.1) is 0 Å². The van der Waals surface area contributed by atoms with Crippen LogP contribution in [-0.4, -0.2) is 39.4 Å². The van der Waals surface area contributed by atoms with Gasteiger partial charge in [0.1, 0.15) is 0 Å². The van der Waals surface area contributed by atoms with Gasteiger partial charge in [0, 0.05) is 6.61 Å². The normalized spacial score (nSPS) is 13.4. The van der Waals surface area contributed by atoms with Crippen LogP contribution < -0.4 is 0 Å². The number of rotatable bonds is 9. The lowest BCUT2D eigenvalue weighted by Crippen LogP contribution is -2.48. The molecule has 104 valence electrons. The van der Waals surface area contributed by atoms with Crippen molar-refractivity contribution in [2.75, 3.05) is 13.5 Å². The van der Waals surface area contributed by atoms with Crippen LogP contribution in [0.15, 0.2) is 0 Å². The van der Waals surface area contributed by atoms with E-state index in [0.29, 0.717) is 6.61 Å². The molecule has 0 unspecified atom stereocenters. The van der Waals surface area contributed by atoms with Crippen LogP contribution in [0.5, 0.6) is 0 Å². The van der Waals surface area contributed by atoms with Gasteiger partial charge in [0.2, 0.25) is 0 Å². The second kappa shape index (κ2) is 7.80. The predicted molar refractivity (Wildman–Crippen MR) is 77.4 cm³/mol. The Morgan fingerprint density at radius 1 is 1.12 bits per heavy atom. The quantitative estimate of drug-likeness (QED) is 0.483. The van der Waals surface area contributed by atoms with Crippen molar-refractivity contribution in [3.05, 3.63) is 0 Å². The van der Waals surface area contributed by atoms with Gasteiger partial charge in [-0.2, -0.15) is 0 Å². The lowest BCUT2D eigenvalue weighted by molar-refractivity contribution is 0.0580. The third-order valence-corrected chi connectivity index (χ3v) is 12.1. The maximum atomic E-state index is 11.8. The zero-order chi connectivity index (χ0) is 13.5. The molecule has 0 aromatic rings. The first-order valence-electron chi connectivity index (χ1n) is 6.20. The van der Waals surface area contributed by atoms with Crippen molar-refractivity contribution in [2.24, 2.45) is 0 Å². The van der Waals surface area contributed by atoms with Crippen molar-refractivity contribution in [3.8, 4) is 0 Å². The minimum atomic E-state index is -1.96. The summed E-state index contributed by atoms with van der Waals surface area (Å²) in [5.74, 6) is 0. The largest absolute Gasteiger partial charge is 0.440 e. The van der Waals surface area contributed by atoms with Crippen LogP contribution >= 0.6 is 0 Å². The molecular weight excluding hydrogens is 271 g/mol. The Balaban J connectivity index is 4.04. The summed E-state index contributed by atoms with van der Waals surface area (Å²) in [4.78, 5) is 0. The molecule has 0 amide bonds. The Morgan fingerprint density at radius 2 is 1.71 bits per heavy atom. The molecule has 0 spiro atoms. The van der Waals surface area contributed by atoms with E-state index < -0.39 is 32.8 Å². The first kappa shape index (κ1) is 17.5. The fourth-order valence-corrected chi connectivity index (χ4v) is 13.9. The lowest BCUT2D eigenvalue weighted by atomic mass is 10.5. The van der Waals surface area contributed by atoms with Crippen LogP contribution in [0, 0.1) is 0 Å². The van der Waals surface area contributed by atoms with E-state index in [0.717, 1.165) is 12.5 Å². The molecule has 0 radical (unpaired) electrons. The van der Waals surface area contributed by atoms with E-state index in [1.165, 1.54) is 0 Å². The number of ether oxygens (including phenoxy) is 1. The Morgan fingerprint density at radius 3 is 2.18 bits per heavy atom. The first-order chi connectivity index (χ1) is 7.68. The van der Waals surface area contributed by atoms with E-state index >= 15 is 0 Å². The molecule has 0 aliphatic heterocycles. The van der Waals surface area contributed by atoms with Gasteiger partial charge in [0.25, 0.3) is 0 Å². The fourth-order valence-electron chi connectivity index (χ4n) is 1.96. The summed E-state index contributed by atoms with van der Waals surface area (Å²) in [6.45, 7) is 12.8. The average molecular weight is 299 g/mol. The molecule has 0 atom stereocenters. The van der Waals surface area contributed by atoms with Crippen LogP contribution in [0.4, 0.5) is 4.39 Å². The summed E-state index contributed by atoms with van der Waals surface area (Å²) in [6, 6.07) is 0.993. The molecule has 0 aliphatic carbocycles. The Bertz CT molecular complexity index is 213. The van der Waals surface area contributed by atoms with Gasteiger partial charge >= 0.3 is 8.56 Å². The molecule has 0 bridgehead atoms. The first-order valence-corrected chi connectivity index (χ1v) is 14.9. The summed E-state index contributed by atoms with van der Waals surface area (Å²) in [5, 5.41) is 0. The Labute approximate surface area is 109 Å². The molecule has 0 saturated heterocycles. The molecule has 0 fully saturated rings. The number of halogens is 1. The molecule has 0 aliphatic rings. The third-order valence-electron chi connectivity index (χ3n) is 2.19. The van der Waals surface area contributed by atoms with Crippen molar-refractivity contribution in [3.63, 3.8) is 0 Å². The van der Waals surface area contributed by atoms with E-state index in [4.69, 9.17) is 13.0 Å². The molecule has 3 nitrogen and oxygen atoms in total. The van der Waals surface area contributed by atoms with Crippen LogP contribution in [0.25, 0.3) is 0 Å². The summed E-state index contributed by atoms with van der Waals surface area (Å²) >= 11 is 0. The molecule has 0 aromatic heterocycles. The average Bonchev–Trinajstić information content (AvgIpc) is 2.08. The minimum Gasteiger partial charge on any atom is -0.440 e. The summed E-state index contributed by atoms with van der Waals surface area (Å²) in [7, 11) is -4.70. The monoisotopic (exact) mass is 298 g/mol. The molecule has 0 heterocycles. The summed E-state index contributed by atoms with van der Waals surface area (Å²) in [5.41, 5.74) is 0. The molecule has 0 rings (SSSR count).